The Morgan fingerprint density at radius 1 is 1.19 bits per heavy atom. The van der Waals surface area contributed by atoms with Gasteiger partial charge in [0, 0.05) is 0 Å². The van der Waals surface area contributed by atoms with Crippen molar-refractivity contribution in [1.82, 2.24) is 14.9 Å². The average molecular weight is 416 g/mol. The maximum Gasteiger partial charge on any atom is 0.408 e. The van der Waals surface area contributed by atoms with Crippen LogP contribution in [-0.4, -0.2) is 21.2 Å². The van der Waals surface area contributed by atoms with E-state index in [2.05, 4.69) is 11.4 Å². The van der Waals surface area contributed by atoms with Gasteiger partial charge < -0.3 is 10.1 Å². The molecule has 0 saturated heterocycles. The van der Waals surface area contributed by atoms with Gasteiger partial charge in [-0.25, -0.2) is 9.78 Å². The normalized spacial score (nSPS) is 14.6. The first-order chi connectivity index (χ1) is 14.8. The van der Waals surface area contributed by atoms with Crippen molar-refractivity contribution in [3.05, 3.63) is 70.3 Å². The number of nitrogens with zero attached hydrogens (tertiary/aromatic N) is 3. The topological polar surface area (TPSA) is 97.0 Å². The predicted octanol–water partition coefficient (Wildman–Crippen LogP) is 4.23. The quantitative estimate of drug-likeness (QED) is 0.686. The van der Waals surface area contributed by atoms with Crippen LogP contribution in [0.5, 0.6) is 0 Å². The highest BCUT2D eigenvalue weighted by atomic mass is 16.6. The van der Waals surface area contributed by atoms with Crippen LogP contribution in [0, 0.1) is 17.2 Å². The number of nitriles is 1. The first-order valence-electron chi connectivity index (χ1n) is 10.3. The van der Waals surface area contributed by atoms with E-state index in [9.17, 15) is 14.9 Å². The molecule has 1 aliphatic carbocycles. The van der Waals surface area contributed by atoms with E-state index in [1.165, 1.54) is 4.57 Å². The molecular formula is C24H24N4O3. The van der Waals surface area contributed by atoms with Crippen LogP contribution in [0.15, 0.2) is 53.3 Å². The van der Waals surface area contributed by atoms with Crippen LogP contribution < -0.4 is 10.9 Å². The zero-order valence-electron chi connectivity index (χ0n) is 17.8. The highest BCUT2D eigenvalue weighted by Crippen LogP contribution is 2.41. The Bertz CT molecular complexity index is 1230. The lowest BCUT2D eigenvalue weighted by molar-refractivity contribution is 0.0493. The summed E-state index contributed by atoms with van der Waals surface area (Å²) in [5.41, 5.74) is 0.355. The van der Waals surface area contributed by atoms with Gasteiger partial charge >= 0.3 is 6.09 Å². The van der Waals surface area contributed by atoms with Gasteiger partial charge in [-0.3, -0.25) is 9.36 Å². The van der Waals surface area contributed by atoms with Crippen molar-refractivity contribution in [2.24, 2.45) is 5.92 Å². The molecule has 1 aromatic heterocycles. The lowest BCUT2D eigenvalue weighted by Crippen LogP contribution is -2.39. The van der Waals surface area contributed by atoms with Crippen molar-refractivity contribution < 1.29 is 9.53 Å². The minimum absolute atomic E-state index is 0.158. The number of alkyl carbamates (subject to hydrolysis) is 1. The number of para-hydroxylation sites is 1. The van der Waals surface area contributed by atoms with Crippen LogP contribution in [0.3, 0.4) is 0 Å². The van der Waals surface area contributed by atoms with Gasteiger partial charge in [-0.15, -0.1) is 0 Å². The summed E-state index contributed by atoms with van der Waals surface area (Å²) in [6.07, 6.45) is 1.28. The van der Waals surface area contributed by atoms with Crippen LogP contribution in [0.4, 0.5) is 4.79 Å². The Kier molecular flexibility index (Phi) is 5.24. The Balaban J connectivity index is 1.92. The van der Waals surface area contributed by atoms with Gasteiger partial charge in [-0.1, -0.05) is 24.3 Å². The molecule has 0 bridgehead atoms. The average Bonchev–Trinajstić information content (AvgIpc) is 3.56. The summed E-state index contributed by atoms with van der Waals surface area (Å²) in [6.45, 7) is 5.41. The summed E-state index contributed by atoms with van der Waals surface area (Å²) < 4.78 is 6.96. The maximum atomic E-state index is 13.6. The smallest absolute Gasteiger partial charge is 0.408 e. The van der Waals surface area contributed by atoms with Gasteiger partial charge in [0.05, 0.1) is 28.2 Å². The molecule has 1 atom stereocenters. The summed E-state index contributed by atoms with van der Waals surface area (Å²) in [7, 11) is 0. The molecule has 0 spiro atoms. The number of nitrogens with one attached hydrogen (secondary N) is 1. The summed E-state index contributed by atoms with van der Waals surface area (Å²) in [4.78, 5) is 31.0. The third kappa shape index (κ3) is 4.29. The third-order valence-corrected chi connectivity index (χ3v) is 5.10. The molecule has 0 aliphatic heterocycles. The van der Waals surface area contributed by atoms with Crippen LogP contribution in [0.2, 0.25) is 0 Å². The molecule has 31 heavy (non-hydrogen) atoms. The number of ether oxygens (including phenoxy) is 1. The molecule has 2 aromatic carbocycles. The van der Waals surface area contributed by atoms with Crippen molar-refractivity contribution in [3.8, 4) is 11.8 Å². The van der Waals surface area contributed by atoms with Gasteiger partial charge in [-0.05, 0) is 63.8 Å². The number of fused-ring (bicyclic) bond motifs is 1. The molecule has 1 amide bonds. The highest BCUT2D eigenvalue weighted by molar-refractivity contribution is 5.84. The number of aromatic nitrogens is 2. The van der Waals surface area contributed by atoms with Gasteiger partial charge in [0.2, 0.25) is 0 Å². The maximum absolute atomic E-state index is 13.6. The van der Waals surface area contributed by atoms with Crippen LogP contribution in [0.25, 0.3) is 16.6 Å². The van der Waals surface area contributed by atoms with Gasteiger partial charge in [0.1, 0.15) is 17.5 Å². The lowest BCUT2D eigenvalue weighted by atomic mass is 10.1. The third-order valence-electron chi connectivity index (χ3n) is 5.10. The van der Waals surface area contributed by atoms with E-state index < -0.39 is 17.7 Å². The van der Waals surface area contributed by atoms with Crippen molar-refractivity contribution >= 4 is 17.0 Å². The SMILES string of the molecule is CC(C)(C)OC(=O)N[C@H](c1nc2cccc(C#N)c2c(=O)n1-c1ccccc1)C1CC1. The molecule has 158 valence electrons. The number of carbonyl (C=O) groups excluding carboxylic acids is 1. The molecule has 1 heterocycles. The van der Waals surface area contributed by atoms with Crippen molar-refractivity contribution in [3.63, 3.8) is 0 Å². The first kappa shape index (κ1) is 20.6. The number of hydrogen-bond acceptors (Lipinski definition) is 5. The fourth-order valence-electron chi connectivity index (χ4n) is 3.63. The Labute approximate surface area is 180 Å². The summed E-state index contributed by atoms with van der Waals surface area (Å²) >= 11 is 0. The molecule has 1 saturated carbocycles. The fourth-order valence-corrected chi connectivity index (χ4v) is 3.63. The molecule has 1 fully saturated rings. The van der Waals surface area contributed by atoms with E-state index in [4.69, 9.17) is 9.72 Å². The van der Waals surface area contributed by atoms with E-state index in [-0.39, 0.29) is 22.4 Å². The molecule has 7 heteroatoms. The molecule has 1 aliphatic rings. The second kappa shape index (κ2) is 7.88. The lowest BCUT2D eigenvalue weighted by Gasteiger charge is -2.25. The Morgan fingerprint density at radius 3 is 2.52 bits per heavy atom. The minimum Gasteiger partial charge on any atom is -0.444 e. The summed E-state index contributed by atoms with van der Waals surface area (Å²) in [5.74, 6) is 0.595. The predicted molar refractivity (Wildman–Crippen MR) is 117 cm³/mol. The standard InChI is InChI=1S/C24H24N4O3/c1-24(2,3)31-23(30)27-20(15-12-13-15)21-26-18-11-7-8-16(14-25)19(18)22(29)28(21)17-9-5-4-6-10-17/h4-11,15,20H,12-13H2,1-3H3,(H,27,30)/t20-/m0/s1. The van der Waals surface area contributed by atoms with E-state index in [1.807, 2.05) is 30.3 Å². The molecule has 4 rings (SSSR count). The molecule has 7 nitrogen and oxygen atoms in total. The molecule has 0 unspecified atom stereocenters. The van der Waals surface area contributed by atoms with E-state index in [0.29, 0.717) is 17.0 Å². The number of benzene rings is 2. The second-order valence-corrected chi connectivity index (χ2v) is 8.72. The number of hydrogen-bond donors (Lipinski definition) is 1. The zero-order chi connectivity index (χ0) is 22.2. The number of rotatable bonds is 4. The number of amides is 1. The van der Waals surface area contributed by atoms with E-state index in [0.717, 1.165) is 12.8 Å². The largest absolute Gasteiger partial charge is 0.444 e. The second-order valence-electron chi connectivity index (χ2n) is 8.72. The Morgan fingerprint density at radius 2 is 1.90 bits per heavy atom. The summed E-state index contributed by atoms with van der Waals surface area (Å²) in [5, 5.41) is 12.7. The van der Waals surface area contributed by atoms with Gasteiger partial charge in [-0.2, -0.15) is 5.26 Å². The fraction of sp³-hybridized carbons (Fsp3) is 0.333. The van der Waals surface area contributed by atoms with E-state index in [1.54, 1.807) is 39.0 Å². The first-order valence-corrected chi connectivity index (χ1v) is 10.3. The summed E-state index contributed by atoms with van der Waals surface area (Å²) in [6, 6.07) is 15.8. The van der Waals surface area contributed by atoms with Crippen LogP contribution in [0.1, 0.15) is 51.0 Å². The number of carbonyl (C=O) groups is 1. The highest BCUT2D eigenvalue weighted by Gasteiger charge is 2.38. The molecule has 0 radical (unpaired) electrons. The van der Waals surface area contributed by atoms with Crippen molar-refractivity contribution in [1.29, 1.82) is 5.26 Å². The van der Waals surface area contributed by atoms with Gasteiger partial charge in [0.15, 0.2) is 0 Å². The Hall–Kier alpha value is -3.66. The van der Waals surface area contributed by atoms with Gasteiger partial charge in [0.25, 0.3) is 5.56 Å². The van der Waals surface area contributed by atoms with E-state index >= 15 is 0 Å². The monoisotopic (exact) mass is 416 g/mol. The molecule has 3 aromatic rings. The zero-order valence-corrected chi connectivity index (χ0v) is 17.8. The van der Waals surface area contributed by atoms with Crippen molar-refractivity contribution in [2.75, 3.05) is 0 Å². The molecular weight excluding hydrogens is 392 g/mol. The van der Waals surface area contributed by atoms with Crippen molar-refractivity contribution in [2.45, 2.75) is 45.3 Å². The molecule has 1 N–H and O–H groups in total. The van der Waals surface area contributed by atoms with Crippen LogP contribution in [-0.2, 0) is 4.74 Å². The van der Waals surface area contributed by atoms with Crippen LogP contribution >= 0.6 is 0 Å². The minimum atomic E-state index is -0.643.